The molecular weight excluding hydrogens is 300 g/mol. The summed E-state index contributed by atoms with van der Waals surface area (Å²) in [7, 11) is 0. The van der Waals surface area contributed by atoms with Crippen LogP contribution in [0.3, 0.4) is 0 Å². The molecule has 1 aromatic carbocycles. The van der Waals surface area contributed by atoms with E-state index >= 15 is 0 Å². The average Bonchev–Trinajstić information content (AvgIpc) is 2.44. The van der Waals surface area contributed by atoms with Crippen LogP contribution in [0, 0.1) is 0 Å². The van der Waals surface area contributed by atoms with E-state index in [1.165, 1.54) is 0 Å². The van der Waals surface area contributed by atoms with E-state index in [-0.39, 0.29) is 26.2 Å². The Bertz CT molecular complexity index is 539. The van der Waals surface area contributed by atoms with Crippen LogP contribution in [0.4, 0.5) is 9.59 Å². The monoisotopic (exact) mass is 314 g/mol. The molecule has 0 spiro atoms. The molecule has 21 heavy (non-hydrogen) atoms. The van der Waals surface area contributed by atoms with Gasteiger partial charge in [-0.2, -0.15) is 0 Å². The molecule has 0 radical (unpaired) electrons. The van der Waals surface area contributed by atoms with E-state index in [4.69, 9.17) is 26.6 Å². The SMILES string of the molecule is O=C(O)N1CCN(C(=O)O)C(OCc2cccc(Cl)c2)C1. The van der Waals surface area contributed by atoms with Gasteiger partial charge in [-0.05, 0) is 17.7 Å². The second-order valence-electron chi connectivity index (χ2n) is 4.60. The molecular formula is C13H15ClN2O5. The van der Waals surface area contributed by atoms with E-state index in [1.54, 1.807) is 24.3 Å². The van der Waals surface area contributed by atoms with Gasteiger partial charge in [0.2, 0.25) is 0 Å². The van der Waals surface area contributed by atoms with E-state index < -0.39 is 18.4 Å². The van der Waals surface area contributed by atoms with Gasteiger partial charge in [0.05, 0.1) is 13.2 Å². The molecule has 7 nitrogen and oxygen atoms in total. The fourth-order valence-corrected chi connectivity index (χ4v) is 2.32. The minimum absolute atomic E-state index is 0.0117. The van der Waals surface area contributed by atoms with E-state index in [0.29, 0.717) is 5.02 Å². The van der Waals surface area contributed by atoms with Gasteiger partial charge in [0.1, 0.15) is 0 Å². The smallest absolute Gasteiger partial charge is 0.409 e. The third-order valence-corrected chi connectivity index (χ3v) is 3.42. The normalized spacial score (nSPS) is 18.6. The zero-order valence-electron chi connectivity index (χ0n) is 11.1. The van der Waals surface area contributed by atoms with Crippen molar-refractivity contribution >= 4 is 23.8 Å². The molecule has 8 heteroatoms. The number of carbonyl (C=O) groups is 2. The summed E-state index contributed by atoms with van der Waals surface area (Å²) in [4.78, 5) is 24.4. The van der Waals surface area contributed by atoms with Crippen LogP contribution in [0.2, 0.25) is 5.02 Å². The molecule has 2 amide bonds. The summed E-state index contributed by atoms with van der Waals surface area (Å²) in [6.07, 6.45) is -3.04. The molecule has 1 heterocycles. The molecule has 1 saturated heterocycles. The van der Waals surface area contributed by atoms with E-state index in [9.17, 15) is 9.59 Å². The Morgan fingerprint density at radius 3 is 2.67 bits per heavy atom. The number of amides is 2. The predicted octanol–water partition coefficient (Wildman–Crippen LogP) is 2.16. The highest BCUT2D eigenvalue weighted by atomic mass is 35.5. The van der Waals surface area contributed by atoms with Crippen molar-refractivity contribution < 1.29 is 24.5 Å². The lowest BCUT2D eigenvalue weighted by atomic mass is 10.2. The molecule has 2 N–H and O–H groups in total. The largest absolute Gasteiger partial charge is 0.465 e. The van der Waals surface area contributed by atoms with Crippen LogP contribution in [0.15, 0.2) is 24.3 Å². The first-order chi connectivity index (χ1) is 9.97. The molecule has 1 fully saturated rings. The van der Waals surface area contributed by atoms with Crippen molar-refractivity contribution in [3.63, 3.8) is 0 Å². The van der Waals surface area contributed by atoms with Crippen LogP contribution in [0.5, 0.6) is 0 Å². The van der Waals surface area contributed by atoms with Gasteiger partial charge in [0.25, 0.3) is 0 Å². The van der Waals surface area contributed by atoms with Crippen LogP contribution in [0.25, 0.3) is 0 Å². The summed E-state index contributed by atoms with van der Waals surface area (Å²) in [5.74, 6) is 0. The van der Waals surface area contributed by atoms with E-state index in [1.807, 2.05) is 0 Å². The van der Waals surface area contributed by atoms with Crippen molar-refractivity contribution in [1.82, 2.24) is 9.80 Å². The third-order valence-electron chi connectivity index (χ3n) is 3.18. The second kappa shape index (κ2) is 6.64. The topological polar surface area (TPSA) is 90.3 Å². The Hall–Kier alpha value is -1.99. The number of benzene rings is 1. The first kappa shape index (κ1) is 15.4. The number of ether oxygens (including phenoxy) is 1. The highest BCUT2D eigenvalue weighted by Gasteiger charge is 2.33. The summed E-state index contributed by atoms with van der Waals surface area (Å²) in [6, 6.07) is 7.00. The molecule has 114 valence electrons. The lowest BCUT2D eigenvalue weighted by Crippen LogP contribution is -2.56. The van der Waals surface area contributed by atoms with Gasteiger partial charge < -0.3 is 19.8 Å². The molecule has 0 bridgehead atoms. The summed E-state index contributed by atoms with van der Waals surface area (Å²) in [5, 5.41) is 18.7. The van der Waals surface area contributed by atoms with Crippen LogP contribution in [-0.2, 0) is 11.3 Å². The van der Waals surface area contributed by atoms with Crippen LogP contribution in [0.1, 0.15) is 5.56 Å². The van der Waals surface area contributed by atoms with Gasteiger partial charge in [-0.1, -0.05) is 23.7 Å². The summed E-state index contributed by atoms with van der Waals surface area (Å²) in [6.45, 7) is 0.366. The number of rotatable bonds is 3. The maximum Gasteiger partial charge on any atom is 0.409 e. The Kier molecular flexibility index (Phi) is 4.87. The van der Waals surface area contributed by atoms with Crippen LogP contribution in [-0.4, -0.2) is 58.1 Å². The molecule has 1 aliphatic rings. The summed E-state index contributed by atoms with van der Waals surface area (Å²) < 4.78 is 5.56. The van der Waals surface area contributed by atoms with Gasteiger partial charge in [0, 0.05) is 18.1 Å². The van der Waals surface area contributed by atoms with Crippen molar-refractivity contribution in [2.24, 2.45) is 0 Å². The fraction of sp³-hybridized carbons (Fsp3) is 0.385. The lowest BCUT2D eigenvalue weighted by Gasteiger charge is -2.38. The number of carboxylic acid groups (broad SMARTS) is 2. The first-order valence-electron chi connectivity index (χ1n) is 6.31. The van der Waals surface area contributed by atoms with Crippen LogP contribution >= 0.6 is 11.6 Å². The van der Waals surface area contributed by atoms with Gasteiger partial charge in [-0.15, -0.1) is 0 Å². The van der Waals surface area contributed by atoms with Gasteiger partial charge in [-0.25, -0.2) is 9.59 Å². The minimum atomic E-state index is -1.13. The standard InChI is InChI=1S/C13H15ClN2O5/c14-10-3-1-2-9(6-10)8-21-11-7-15(12(17)18)4-5-16(11)13(19)20/h1-3,6,11H,4-5,7-8H2,(H,17,18)(H,19,20). The number of piperazine rings is 1. The average molecular weight is 315 g/mol. The number of hydrogen-bond donors (Lipinski definition) is 2. The molecule has 1 unspecified atom stereocenters. The Morgan fingerprint density at radius 2 is 2.05 bits per heavy atom. The Labute approximate surface area is 126 Å². The maximum atomic E-state index is 11.2. The molecule has 2 rings (SSSR count). The van der Waals surface area contributed by atoms with Crippen molar-refractivity contribution in [2.75, 3.05) is 19.6 Å². The van der Waals surface area contributed by atoms with E-state index in [0.717, 1.165) is 15.4 Å². The third kappa shape index (κ3) is 3.99. The zero-order chi connectivity index (χ0) is 15.4. The number of hydrogen-bond acceptors (Lipinski definition) is 3. The van der Waals surface area contributed by atoms with Crippen molar-refractivity contribution in [2.45, 2.75) is 12.8 Å². The van der Waals surface area contributed by atoms with Crippen LogP contribution < -0.4 is 0 Å². The highest BCUT2D eigenvalue weighted by molar-refractivity contribution is 6.30. The molecule has 1 aromatic rings. The number of nitrogens with zero attached hydrogens (tertiary/aromatic N) is 2. The van der Waals surface area contributed by atoms with E-state index in [2.05, 4.69) is 0 Å². The predicted molar refractivity (Wildman–Crippen MR) is 74.4 cm³/mol. The van der Waals surface area contributed by atoms with Crippen molar-refractivity contribution in [3.05, 3.63) is 34.9 Å². The fourth-order valence-electron chi connectivity index (χ4n) is 2.11. The molecule has 0 aliphatic carbocycles. The summed E-state index contributed by atoms with van der Waals surface area (Å²) >= 11 is 5.86. The maximum absolute atomic E-state index is 11.2. The highest BCUT2D eigenvalue weighted by Crippen LogP contribution is 2.16. The van der Waals surface area contributed by atoms with Gasteiger partial charge in [0.15, 0.2) is 6.23 Å². The quantitative estimate of drug-likeness (QED) is 0.892. The molecule has 1 aliphatic heterocycles. The molecule has 1 atom stereocenters. The molecule has 0 saturated carbocycles. The lowest BCUT2D eigenvalue weighted by molar-refractivity contribution is -0.0897. The van der Waals surface area contributed by atoms with Crippen molar-refractivity contribution in [3.8, 4) is 0 Å². The van der Waals surface area contributed by atoms with Gasteiger partial charge in [-0.3, -0.25) is 4.90 Å². The second-order valence-corrected chi connectivity index (χ2v) is 5.04. The Morgan fingerprint density at radius 1 is 1.29 bits per heavy atom. The number of halogens is 1. The zero-order valence-corrected chi connectivity index (χ0v) is 11.9. The summed E-state index contributed by atoms with van der Waals surface area (Å²) in [5.41, 5.74) is 0.792. The minimum Gasteiger partial charge on any atom is -0.465 e. The molecule has 0 aromatic heterocycles. The van der Waals surface area contributed by atoms with Gasteiger partial charge >= 0.3 is 12.2 Å². The first-order valence-corrected chi connectivity index (χ1v) is 6.68. The van der Waals surface area contributed by atoms with Crippen molar-refractivity contribution in [1.29, 1.82) is 0 Å². The Balaban J connectivity index is 2.02.